The van der Waals surface area contributed by atoms with Crippen LogP contribution in [-0.4, -0.2) is 48.4 Å². The SMILES string of the molecule is COc1ccc(CN2CC3(CCN(C(=O)Cc4cccc(Cl)c4)CC3)C2=O)cc1. The molecule has 0 aliphatic carbocycles. The van der Waals surface area contributed by atoms with E-state index in [9.17, 15) is 9.59 Å². The van der Waals surface area contributed by atoms with Crippen LogP contribution < -0.4 is 4.74 Å². The molecule has 2 aliphatic rings. The first-order valence-electron chi connectivity index (χ1n) is 9.94. The van der Waals surface area contributed by atoms with Crippen LogP contribution in [0, 0.1) is 5.41 Å². The van der Waals surface area contributed by atoms with Gasteiger partial charge in [-0.3, -0.25) is 9.59 Å². The van der Waals surface area contributed by atoms with Gasteiger partial charge in [-0.1, -0.05) is 35.9 Å². The molecular formula is C23H25ClN2O3. The Balaban J connectivity index is 1.29. The van der Waals surface area contributed by atoms with Crippen LogP contribution >= 0.6 is 11.6 Å². The number of rotatable bonds is 5. The fourth-order valence-corrected chi connectivity index (χ4v) is 4.53. The molecule has 2 aromatic carbocycles. The second kappa shape index (κ2) is 8.07. The Hall–Kier alpha value is -2.53. The zero-order valence-corrected chi connectivity index (χ0v) is 17.3. The molecule has 2 aromatic rings. The number of carbonyl (C=O) groups is 2. The average Bonchev–Trinajstić information content (AvgIpc) is 2.74. The number of halogens is 1. The molecule has 0 bridgehead atoms. The molecule has 2 aliphatic heterocycles. The zero-order valence-electron chi connectivity index (χ0n) is 16.6. The van der Waals surface area contributed by atoms with E-state index in [1.165, 1.54) is 0 Å². The van der Waals surface area contributed by atoms with Crippen molar-refractivity contribution in [3.63, 3.8) is 0 Å². The average molecular weight is 413 g/mol. The van der Waals surface area contributed by atoms with Crippen molar-refractivity contribution in [1.29, 1.82) is 0 Å². The molecule has 2 heterocycles. The number of hydrogen-bond acceptors (Lipinski definition) is 3. The topological polar surface area (TPSA) is 49.9 Å². The maximum Gasteiger partial charge on any atom is 0.231 e. The molecule has 2 fully saturated rings. The van der Waals surface area contributed by atoms with Gasteiger partial charge < -0.3 is 14.5 Å². The monoisotopic (exact) mass is 412 g/mol. The van der Waals surface area contributed by atoms with Crippen LogP contribution in [0.4, 0.5) is 0 Å². The van der Waals surface area contributed by atoms with Gasteiger partial charge in [0.2, 0.25) is 11.8 Å². The predicted octanol–water partition coefficient (Wildman–Crippen LogP) is 3.54. The van der Waals surface area contributed by atoms with E-state index >= 15 is 0 Å². The molecule has 5 nitrogen and oxygen atoms in total. The van der Waals surface area contributed by atoms with Gasteiger partial charge in [-0.25, -0.2) is 0 Å². The van der Waals surface area contributed by atoms with Crippen molar-refractivity contribution in [2.75, 3.05) is 26.7 Å². The molecule has 0 radical (unpaired) electrons. The predicted molar refractivity (Wildman–Crippen MR) is 112 cm³/mol. The summed E-state index contributed by atoms with van der Waals surface area (Å²) in [7, 11) is 1.64. The van der Waals surface area contributed by atoms with Gasteiger partial charge >= 0.3 is 0 Å². The highest BCUT2D eigenvalue weighted by Crippen LogP contribution is 2.42. The Morgan fingerprint density at radius 1 is 1.10 bits per heavy atom. The number of ether oxygens (including phenoxy) is 1. The van der Waals surface area contributed by atoms with E-state index in [0.29, 0.717) is 31.1 Å². The lowest BCUT2D eigenvalue weighted by Gasteiger charge is -2.52. The number of likely N-dealkylation sites (tertiary alicyclic amines) is 2. The Morgan fingerprint density at radius 3 is 2.45 bits per heavy atom. The molecule has 2 amide bonds. The summed E-state index contributed by atoms with van der Waals surface area (Å²) in [6, 6.07) is 15.2. The van der Waals surface area contributed by atoms with Gasteiger partial charge in [0.25, 0.3) is 0 Å². The number of methoxy groups -OCH3 is 1. The molecule has 0 N–H and O–H groups in total. The number of nitrogens with zero attached hydrogens (tertiary/aromatic N) is 2. The summed E-state index contributed by atoms with van der Waals surface area (Å²) in [5, 5.41) is 0.643. The quantitative estimate of drug-likeness (QED) is 0.706. The fourth-order valence-electron chi connectivity index (χ4n) is 4.32. The third-order valence-electron chi connectivity index (χ3n) is 6.08. The number of carbonyl (C=O) groups excluding carboxylic acids is 2. The summed E-state index contributed by atoms with van der Waals surface area (Å²) in [6.45, 7) is 2.68. The van der Waals surface area contributed by atoms with E-state index in [-0.39, 0.29) is 17.2 Å². The molecule has 2 saturated heterocycles. The van der Waals surface area contributed by atoms with E-state index in [1.807, 2.05) is 52.3 Å². The van der Waals surface area contributed by atoms with Crippen LogP contribution in [0.3, 0.4) is 0 Å². The van der Waals surface area contributed by atoms with Gasteiger partial charge in [0.15, 0.2) is 0 Å². The van der Waals surface area contributed by atoms with E-state index < -0.39 is 0 Å². The van der Waals surface area contributed by atoms with Gasteiger partial charge in [-0.05, 0) is 48.2 Å². The van der Waals surface area contributed by atoms with Gasteiger partial charge in [-0.2, -0.15) is 0 Å². The lowest BCUT2D eigenvalue weighted by Crippen LogP contribution is -2.64. The minimum absolute atomic E-state index is 0.101. The second-order valence-electron chi connectivity index (χ2n) is 7.98. The summed E-state index contributed by atoms with van der Waals surface area (Å²) in [4.78, 5) is 29.3. The molecule has 6 heteroatoms. The van der Waals surface area contributed by atoms with Crippen LogP contribution in [0.2, 0.25) is 5.02 Å². The van der Waals surface area contributed by atoms with Crippen molar-refractivity contribution >= 4 is 23.4 Å². The summed E-state index contributed by atoms with van der Waals surface area (Å²) < 4.78 is 5.18. The van der Waals surface area contributed by atoms with Gasteiger partial charge in [0, 0.05) is 31.2 Å². The summed E-state index contributed by atoms with van der Waals surface area (Å²) >= 11 is 6.01. The zero-order chi connectivity index (χ0) is 20.4. The summed E-state index contributed by atoms with van der Waals surface area (Å²) in [5.41, 5.74) is 1.75. The van der Waals surface area contributed by atoms with Crippen LogP contribution in [0.1, 0.15) is 24.0 Å². The Bertz CT molecular complexity index is 905. The molecular weight excluding hydrogens is 388 g/mol. The van der Waals surface area contributed by atoms with E-state index in [4.69, 9.17) is 16.3 Å². The first-order valence-corrected chi connectivity index (χ1v) is 10.3. The Kier molecular flexibility index (Phi) is 5.50. The molecule has 0 unspecified atom stereocenters. The molecule has 0 saturated carbocycles. The normalized spacial score (nSPS) is 17.9. The van der Waals surface area contributed by atoms with Gasteiger partial charge in [0.1, 0.15) is 5.75 Å². The highest BCUT2D eigenvalue weighted by atomic mass is 35.5. The number of β-lactam (4-membered cyclic amide) rings is 1. The van der Waals surface area contributed by atoms with Crippen LogP contribution in [0.5, 0.6) is 5.75 Å². The molecule has 1 spiro atoms. The lowest BCUT2D eigenvalue weighted by molar-refractivity contribution is -0.168. The Labute approximate surface area is 176 Å². The smallest absolute Gasteiger partial charge is 0.231 e. The van der Waals surface area contributed by atoms with Gasteiger partial charge in [0.05, 0.1) is 18.9 Å². The van der Waals surface area contributed by atoms with Crippen molar-refractivity contribution in [1.82, 2.24) is 9.80 Å². The van der Waals surface area contributed by atoms with E-state index in [0.717, 1.165) is 36.3 Å². The van der Waals surface area contributed by atoms with Crippen molar-refractivity contribution < 1.29 is 14.3 Å². The van der Waals surface area contributed by atoms with Crippen molar-refractivity contribution in [2.45, 2.75) is 25.8 Å². The molecule has 0 aromatic heterocycles. The van der Waals surface area contributed by atoms with E-state index in [2.05, 4.69) is 0 Å². The van der Waals surface area contributed by atoms with Crippen molar-refractivity contribution in [2.24, 2.45) is 5.41 Å². The van der Waals surface area contributed by atoms with Crippen molar-refractivity contribution in [3.05, 3.63) is 64.7 Å². The maximum absolute atomic E-state index is 12.9. The first kappa shape index (κ1) is 19.8. The van der Waals surface area contributed by atoms with E-state index in [1.54, 1.807) is 13.2 Å². The third kappa shape index (κ3) is 4.10. The summed E-state index contributed by atoms with van der Waals surface area (Å²) in [5.74, 6) is 1.13. The summed E-state index contributed by atoms with van der Waals surface area (Å²) in [6.07, 6.45) is 1.84. The lowest BCUT2D eigenvalue weighted by atomic mass is 9.71. The number of piperidine rings is 1. The third-order valence-corrected chi connectivity index (χ3v) is 6.32. The fraction of sp³-hybridized carbons (Fsp3) is 0.391. The largest absolute Gasteiger partial charge is 0.497 e. The second-order valence-corrected chi connectivity index (χ2v) is 8.41. The van der Waals surface area contributed by atoms with Gasteiger partial charge in [-0.15, -0.1) is 0 Å². The minimum atomic E-state index is -0.278. The van der Waals surface area contributed by atoms with Crippen LogP contribution in [0.15, 0.2) is 48.5 Å². The van der Waals surface area contributed by atoms with Crippen LogP contribution in [-0.2, 0) is 22.6 Å². The highest BCUT2D eigenvalue weighted by Gasteiger charge is 2.53. The number of amides is 2. The molecule has 29 heavy (non-hydrogen) atoms. The number of benzene rings is 2. The molecule has 4 rings (SSSR count). The van der Waals surface area contributed by atoms with Crippen LogP contribution in [0.25, 0.3) is 0 Å². The standard InChI is InChI=1S/C23H25ClN2O3/c1-29-20-7-5-17(6-8-20)15-26-16-23(22(26)28)9-11-25(12-10-23)21(27)14-18-3-2-4-19(24)13-18/h2-8,13H,9-12,14-16H2,1H3. The van der Waals surface area contributed by atoms with Crippen molar-refractivity contribution in [3.8, 4) is 5.75 Å². The highest BCUT2D eigenvalue weighted by molar-refractivity contribution is 6.30. The minimum Gasteiger partial charge on any atom is -0.497 e. The number of hydrogen-bond donors (Lipinski definition) is 0. The Morgan fingerprint density at radius 2 is 1.83 bits per heavy atom. The first-order chi connectivity index (χ1) is 14.0. The molecule has 152 valence electrons. The maximum atomic E-state index is 12.9. The molecule has 0 atom stereocenters.